The molecule has 24 heavy (non-hydrogen) atoms. The molecule has 0 aromatic heterocycles. The summed E-state index contributed by atoms with van der Waals surface area (Å²) in [5, 5.41) is 12.6. The number of aryl methyl sites for hydroxylation is 1. The van der Waals surface area contributed by atoms with Crippen LogP contribution in [0.25, 0.3) is 0 Å². The number of nitrogens with zero attached hydrogens (tertiary/aromatic N) is 1. The fourth-order valence-electron chi connectivity index (χ4n) is 2.17. The van der Waals surface area contributed by atoms with Gasteiger partial charge < -0.3 is 4.43 Å². The van der Waals surface area contributed by atoms with E-state index in [1.165, 1.54) is 5.37 Å². The van der Waals surface area contributed by atoms with Gasteiger partial charge in [-0.05, 0) is 48.5 Å². The summed E-state index contributed by atoms with van der Waals surface area (Å²) >= 11 is 4.99. The first-order chi connectivity index (χ1) is 11.1. The van der Waals surface area contributed by atoms with Crippen LogP contribution < -0.4 is 0 Å². The molecule has 0 unspecified atom stereocenters. The fourth-order valence-corrected chi connectivity index (χ4v) is 3.48. The van der Waals surface area contributed by atoms with Crippen LogP contribution in [0.5, 0.6) is 0 Å². The zero-order valence-electron chi connectivity index (χ0n) is 15.4. The van der Waals surface area contributed by atoms with Gasteiger partial charge in [0.1, 0.15) is 0 Å². The molecule has 0 N–H and O–H groups in total. The number of benzene rings is 1. The standard InChI is InChI=1S/C18H29NO3SSi/c1-18(2,3)24(4,5)22-12-8-6-7-9-15-10-11-17(19(20)21)13-16(15)14-23/h10-11,13-14H,6-9,12H2,1-5H3. The van der Waals surface area contributed by atoms with Gasteiger partial charge in [-0.1, -0.05) is 45.5 Å². The molecule has 0 heterocycles. The van der Waals surface area contributed by atoms with E-state index < -0.39 is 8.32 Å². The van der Waals surface area contributed by atoms with Gasteiger partial charge in [-0.2, -0.15) is 0 Å². The number of non-ortho nitro benzene ring substituents is 1. The molecule has 6 heteroatoms. The molecule has 0 bridgehead atoms. The first-order valence-corrected chi connectivity index (χ1v) is 11.8. The maximum absolute atomic E-state index is 10.8. The smallest absolute Gasteiger partial charge is 0.270 e. The summed E-state index contributed by atoms with van der Waals surface area (Å²) in [4.78, 5) is 10.4. The Morgan fingerprint density at radius 2 is 1.92 bits per heavy atom. The van der Waals surface area contributed by atoms with Gasteiger partial charge in [0.2, 0.25) is 0 Å². The lowest BCUT2D eigenvalue weighted by Crippen LogP contribution is -2.40. The van der Waals surface area contributed by atoms with Crippen molar-refractivity contribution in [2.75, 3.05) is 6.61 Å². The molecular weight excluding hydrogens is 338 g/mol. The van der Waals surface area contributed by atoms with Crippen molar-refractivity contribution in [3.05, 3.63) is 39.4 Å². The molecule has 0 amide bonds. The third-order valence-corrected chi connectivity index (χ3v) is 9.62. The Labute approximate surface area is 151 Å². The van der Waals surface area contributed by atoms with Crippen molar-refractivity contribution >= 4 is 31.6 Å². The Morgan fingerprint density at radius 1 is 1.25 bits per heavy atom. The predicted octanol–water partition coefficient (Wildman–Crippen LogP) is 5.68. The van der Waals surface area contributed by atoms with E-state index in [4.69, 9.17) is 16.6 Å². The van der Waals surface area contributed by atoms with E-state index in [2.05, 4.69) is 33.9 Å². The van der Waals surface area contributed by atoms with Crippen LogP contribution in [-0.2, 0) is 10.8 Å². The fraction of sp³-hybridized carbons (Fsp3) is 0.611. The minimum Gasteiger partial charge on any atom is -0.417 e. The number of unbranched alkanes of at least 4 members (excludes halogenated alkanes) is 2. The maximum atomic E-state index is 10.8. The second-order valence-corrected chi connectivity index (χ2v) is 12.7. The highest BCUT2D eigenvalue weighted by atomic mass is 32.1. The van der Waals surface area contributed by atoms with Crippen molar-refractivity contribution in [3.63, 3.8) is 0 Å². The Balaban J connectivity index is 2.41. The van der Waals surface area contributed by atoms with Crippen LogP contribution in [0.2, 0.25) is 18.1 Å². The molecule has 0 atom stereocenters. The highest BCUT2D eigenvalue weighted by Crippen LogP contribution is 2.36. The minimum atomic E-state index is -1.64. The molecule has 0 aliphatic rings. The lowest BCUT2D eigenvalue weighted by Gasteiger charge is -2.36. The number of nitro benzene ring substituents is 1. The number of hydrogen-bond donors (Lipinski definition) is 0. The van der Waals surface area contributed by atoms with E-state index in [9.17, 15) is 10.1 Å². The van der Waals surface area contributed by atoms with Crippen LogP contribution in [0.4, 0.5) is 5.69 Å². The van der Waals surface area contributed by atoms with Crippen LogP contribution in [0.1, 0.15) is 51.2 Å². The third-order valence-electron chi connectivity index (χ3n) is 4.83. The van der Waals surface area contributed by atoms with E-state index in [1.807, 2.05) is 6.07 Å². The monoisotopic (exact) mass is 367 g/mol. The highest BCUT2D eigenvalue weighted by Gasteiger charge is 2.36. The van der Waals surface area contributed by atoms with Gasteiger partial charge in [-0.15, -0.1) is 0 Å². The average Bonchev–Trinajstić information content (AvgIpc) is 2.49. The van der Waals surface area contributed by atoms with Gasteiger partial charge in [-0.25, -0.2) is 0 Å². The summed E-state index contributed by atoms with van der Waals surface area (Å²) in [7, 11) is -1.64. The summed E-state index contributed by atoms with van der Waals surface area (Å²) in [6.45, 7) is 12.1. The second-order valence-electron chi connectivity index (χ2n) is 7.68. The van der Waals surface area contributed by atoms with E-state index in [0.717, 1.165) is 43.4 Å². The molecule has 1 rings (SSSR count). The molecule has 0 spiro atoms. The summed E-state index contributed by atoms with van der Waals surface area (Å²) < 4.78 is 6.17. The second kappa shape index (κ2) is 8.83. The minimum absolute atomic E-state index is 0.0950. The summed E-state index contributed by atoms with van der Waals surface area (Å²) in [5.74, 6) is 0. The molecular formula is C18H29NO3SSi. The van der Waals surface area contributed by atoms with Crippen molar-refractivity contribution < 1.29 is 9.35 Å². The summed E-state index contributed by atoms with van der Waals surface area (Å²) in [5.41, 5.74) is 1.97. The molecule has 0 saturated carbocycles. The topological polar surface area (TPSA) is 52.4 Å². The van der Waals surface area contributed by atoms with E-state index in [0.29, 0.717) is 0 Å². The Hall–Kier alpha value is -1.11. The van der Waals surface area contributed by atoms with Gasteiger partial charge in [0.05, 0.1) is 4.92 Å². The molecule has 0 aliphatic heterocycles. The van der Waals surface area contributed by atoms with Gasteiger partial charge in [0.15, 0.2) is 8.32 Å². The normalized spacial score (nSPS) is 12.2. The average molecular weight is 368 g/mol. The van der Waals surface area contributed by atoms with Crippen molar-refractivity contribution in [1.29, 1.82) is 0 Å². The zero-order valence-corrected chi connectivity index (χ0v) is 17.2. The Kier molecular flexibility index (Phi) is 7.70. The lowest BCUT2D eigenvalue weighted by molar-refractivity contribution is -0.384. The number of rotatable bonds is 9. The molecule has 0 aliphatic carbocycles. The van der Waals surface area contributed by atoms with E-state index in [-0.39, 0.29) is 15.6 Å². The first-order valence-electron chi connectivity index (χ1n) is 8.45. The van der Waals surface area contributed by atoms with Crippen molar-refractivity contribution in [1.82, 2.24) is 0 Å². The molecule has 1 aromatic carbocycles. The Morgan fingerprint density at radius 3 is 2.46 bits per heavy atom. The molecule has 0 fully saturated rings. The maximum Gasteiger partial charge on any atom is 0.270 e. The van der Waals surface area contributed by atoms with Crippen LogP contribution in [-0.4, -0.2) is 25.2 Å². The summed E-state index contributed by atoms with van der Waals surface area (Å²) in [6.07, 6.45) is 4.06. The van der Waals surface area contributed by atoms with Crippen LogP contribution in [0, 0.1) is 10.1 Å². The van der Waals surface area contributed by atoms with Gasteiger partial charge >= 0.3 is 0 Å². The van der Waals surface area contributed by atoms with Gasteiger partial charge in [-0.3, -0.25) is 10.1 Å². The molecule has 1 aromatic rings. The van der Waals surface area contributed by atoms with E-state index in [1.54, 1.807) is 12.1 Å². The highest BCUT2D eigenvalue weighted by molar-refractivity contribution is 7.79. The number of nitro groups is 1. The molecule has 0 saturated heterocycles. The zero-order chi connectivity index (χ0) is 18.4. The largest absolute Gasteiger partial charge is 0.417 e. The lowest BCUT2D eigenvalue weighted by atomic mass is 10.0. The third kappa shape index (κ3) is 6.07. The quantitative estimate of drug-likeness (QED) is 0.185. The SMILES string of the molecule is CC(C)(C)[Si](C)(C)OCCCCCc1ccc([N+](=O)[O-])cc1C=S. The van der Waals surface area contributed by atoms with Crippen LogP contribution >= 0.6 is 12.2 Å². The van der Waals surface area contributed by atoms with Crippen molar-refractivity contribution in [2.45, 2.75) is 64.6 Å². The van der Waals surface area contributed by atoms with Gasteiger partial charge in [0.25, 0.3) is 5.69 Å². The van der Waals surface area contributed by atoms with Crippen LogP contribution in [0.3, 0.4) is 0 Å². The predicted molar refractivity (Wildman–Crippen MR) is 107 cm³/mol. The van der Waals surface area contributed by atoms with Crippen molar-refractivity contribution in [3.8, 4) is 0 Å². The number of thiocarbonyl (C=S) groups is 1. The molecule has 0 radical (unpaired) electrons. The summed E-state index contributed by atoms with van der Waals surface area (Å²) in [6, 6.07) is 4.93. The van der Waals surface area contributed by atoms with Crippen molar-refractivity contribution in [2.24, 2.45) is 0 Å². The first kappa shape index (κ1) is 20.9. The molecule has 134 valence electrons. The van der Waals surface area contributed by atoms with Gasteiger partial charge in [0, 0.05) is 24.1 Å². The van der Waals surface area contributed by atoms with E-state index >= 15 is 0 Å². The number of hydrogen-bond acceptors (Lipinski definition) is 4. The van der Waals surface area contributed by atoms with Crippen LogP contribution in [0.15, 0.2) is 18.2 Å². The molecule has 4 nitrogen and oxygen atoms in total. The Bertz CT molecular complexity index is 582.